The summed E-state index contributed by atoms with van der Waals surface area (Å²) in [5, 5.41) is 11.1. The second kappa shape index (κ2) is 6.10. The molecule has 2 aromatic carbocycles. The molecule has 4 heteroatoms. The van der Waals surface area contributed by atoms with Gasteiger partial charge in [-0.2, -0.15) is 0 Å². The minimum absolute atomic E-state index is 0.0462. The number of halogens is 1. The lowest BCUT2D eigenvalue weighted by molar-refractivity contribution is -0.425. The third-order valence-corrected chi connectivity index (χ3v) is 3.12. The molecule has 0 aliphatic rings. The van der Waals surface area contributed by atoms with Gasteiger partial charge in [0.25, 0.3) is 5.70 Å². The number of hydrogen-bond acceptors (Lipinski definition) is 2. The van der Waals surface area contributed by atoms with E-state index in [9.17, 15) is 14.5 Å². The Hall–Kier alpha value is -2.49. The Morgan fingerprint density at radius 3 is 2.55 bits per heavy atom. The van der Waals surface area contributed by atoms with E-state index in [1.54, 1.807) is 31.2 Å². The van der Waals surface area contributed by atoms with Crippen LogP contribution in [-0.4, -0.2) is 4.92 Å². The van der Waals surface area contributed by atoms with Gasteiger partial charge in [-0.25, -0.2) is 4.39 Å². The summed E-state index contributed by atoms with van der Waals surface area (Å²) in [5.74, 6) is -0.343. The lowest BCUT2D eigenvalue weighted by Crippen LogP contribution is -2.04. The molecule has 2 aromatic rings. The Bertz CT molecular complexity index is 651. The molecule has 20 heavy (non-hydrogen) atoms. The molecule has 0 aliphatic carbocycles. The third kappa shape index (κ3) is 3.29. The molecule has 0 saturated carbocycles. The molecule has 0 unspecified atom stereocenters. The van der Waals surface area contributed by atoms with Crippen molar-refractivity contribution >= 4 is 6.08 Å². The van der Waals surface area contributed by atoms with Crippen LogP contribution in [0.25, 0.3) is 6.08 Å². The molecule has 3 nitrogen and oxygen atoms in total. The highest BCUT2D eigenvalue weighted by molar-refractivity contribution is 5.51. The zero-order chi connectivity index (χ0) is 14.5. The zero-order valence-corrected chi connectivity index (χ0v) is 11.0. The van der Waals surface area contributed by atoms with Gasteiger partial charge >= 0.3 is 0 Å². The number of nitrogens with zero attached hydrogens (tertiary/aromatic N) is 1. The summed E-state index contributed by atoms with van der Waals surface area (Å²) in [6.45, 7) is 1.63. The number of allylic oxidation sites excluding steroid dienone is 1. The topological polar surface area (TPSA) is 43.1 Å². The second-order valence-electron chi connectivity index (χ2n) is 4.50. The van der Waals surface area contributed by atoms with Gasteiger partial charge < -0.3 is 0 Å². The van der Waals surface area contributed by atoms with E-state index in [2.05, 4.69) is 0 Å². The Kier molecular flexibility index (Phi) is 4.25. The maximum atomic E-state index is 13.5. The predicted molar refractivity (Wildman–Crippen MR) is 76.3 cm³/mol. The minimum Gasteiger partial charge on any atom is -0.259 e. The van der Waals surface area contributed by atoms with Crippen LogP contribution < -0.4 is 0 Å². The fourth-order valence-electron chi connectivity index (χ4n) is 1.95. The van der Waals surface area contributed by atoms with Crippen LogP contribution in [0, 0.1) is 22.9 Å². The van der Waals surface area contributed by atoms with Gasteiger partial charge in [-0.3, -0.25) is 10.1 Å². The van der Waals surface area contributed by atoms with Crippen molar-refractivity contribution in [3.63, 3.8) is 0 Å². The zero-order valence-electron chi connectivity index (χ0n) is 11.0. The molecule has 0 aliphatic heterocycles. The van der Waals surface area contributed by atoms with Crippen LogP contribution in [0.4, 0.5) is 4.39 Å². The van der Waals surface area contributed by atoms with Crippen LogP contribution in [0.1, 0.15) is 16.7 Å². The maximum absolute atomic E-state index is 13.5. The van der Waals surface area contributed by atoms with Gasteiger partial charge in [-0.05, 0) is 29.7 Å². The lowest BCUT2D eigenvalue weighted by Gasteiger charge is -2.05. The van der Waals surface area contributed by atoms with E-state index in [1.165, 1.54) is 12.1 Å². The van der Waals surface area contributed by atoms with Crippen LogP contribution >= 0.6 is 0 Å². The molecule has 0 heterocycles. The summed E-state index contributed by atoms with van der Waals surface area (Å²) < 4.78 is 13.5. The first-order chi connectivity index (χ1) is 9.58. The summed E-state index contributed by atoms with van der Waals surface area (Å²) in [6, 6.07) is 13.7. The highest BCUT2D eigenvalue weighted by atomic mass is 19.1. The Balaban J connectivity index is 2.34. The van der Waals surface area contributed by atoms with E-state index in [1.807, 2.05) is 18.2 Å². The van der Waals surface area contributed by atoms with Crippen LogP contribution in [-0.2, 0) is 6.42 Å². The quantitative estimate of drug-likeness (QED) is 0.623. The molecule has 0 spiro atoms. The standard InChI is InChI=1S/C16H14FNO2/c1-12-14(8-5-9-16(12)17)11-15(18(19)20)10-13-6-3-2-4-7-13/h2-10H,11H2,1H3/b15-10-. The van der Waals surface area contributed by atoms with Gasteiger partial charge in [0.2, 0.25) is 0 Å². The van der Waals surface area contributed by atoms with E-state index in [4.69, 9.17) is 0 Å². The lowest BCUT2D eigenvalue weighted by atomic mass is 10.0. The Labute approximate surface area is 116 Å². The van der Waals surface area contributed by atoms with Crippen molar-refractivity contribution in [1.82, 2.24) is 0 Å². The highest BCUT2D eigenvalue weighted by Crippen LogP contribution is 2.18. The fourth-order valence-corrected chi connectivity index (χ4v) is 1.95. The average molecular weight is 271 g/mol. The van der Waals surface area contributed by atoms with E-state index in [0.29, 0.717) is 11.1 Å². The van der Waals surface area contributed by atoms with Crippen molar-refractivity contribution in [2.45, 2.75) is 13.3 Å². The monoisotopic (exact) mass is 271 g/mol. The van der Waals surface area contributed by atoms with E-state index in [-0.39, 0.29) is 17.9 Å². The molecule has 0 saturated heterocycles. The maximum Gasteiger partial charge on any atom is 0.251 e. The van der Waals surface area contributed by atoms with Gasteiger partial charge in [0.15, 0.2) is 0 Å². The Morgan fingerprint density at radius 2 is 1.90 bits per heavy atom. The smallest absolute Gasteiger partial charge is 0.251 e. The molecule has 2 rings (SSSR count). The largest absolute Gasteiger partial charge is 0.259 e. The number of benzene rings is 2. The van der Waals surface area contributed by atoms with Crippen molar-refractivity contribution < 1.29 is 9.31 Å². The van der Waals surface area contributed by atoms with Crippen LogP contribution in [0.15, 0.2) is 54.2 Å². The van der Waals surface area contributed by atoms with Gasteiger partial charge in [0, 0.05) is 6.08 Å². The first kappa shape index (κ1) is 13.9. The van der Waals surface area contributed by atoms with Crippen molar-refractivity contribution in [3.8, 4) is 0 Å². The van der Waals surface area contributed by atoms with E-state index < -0.39 is 4.92 Å². The van der Waals surface area contributed by atoms with Gasteiger partial charge in [0.05, 0.1) is 11.3 Å². The SMILES string of the molecule is Cc1c(F)cccc1C/C(=C/c1ccccc1)[N+](=O)[O-]. The van der Waals surface area contributed by atoms with Crippen LogP contribution in [0.3, 0.4) is 0 Å². The molecular weight excluding hydrogens is 257 g/mol. The first-order valence-electron chi connectivity index (χ1n) is 6.22. The number of nitro groups is 1. The molecule has 0 bridgehead atoms. The second-order valence-corrected chi connectivity index (χ2v) is 4.50. The Morgan fingerprint density at radius 1 is 1.20 bits per heavy atom. The molecule has 102 valence electrons. The third-order valence-electron chi connectivity index (χ3n) is 3.12. The van der Waals surface area contributed by atoms with Crippen molar-refractivity contribution in [2.75, 3.05) is 0 Å². The molecule has 0 N–H and O–H groups in total. The number of hydrogen-bond donors (Lipinski definition) is 0. The normalized spacial score (nSPS) is 11.4. The minimum atomic E-state index is -0.419. The van der Waals surface area contributed by atoms with Gasteiger partial charge in [0.1, 0.15) is 5.82 Å². The fraction of sp³-hybridized carbons (Fsp3) is 0.125. The molecule has 0 amide bonds. The van der Waals surface area contributed by atoms with E-state index >= 15 is 0 Å². The van der Waals surface area contributed by atoms with Crippen molar-refractivity contribution in [2.24, 2.45) is 0 Å². The summed E-state index contributed by atoms with van der Waals surface area (Å²) in [6.07, 6.45) is 1.62. The summed E-state index contributed by atoms with van der Waals surface area (Å²) in [7, 11) is 0. The molecular formula is C16H14FNO2. The summed E-state index contributed by atoms with van der Waals surface area (Å²) in [4.78, 5) is 10.7. The first-order valence-corrected chi connectivity index (χ1v) is 6.22. The highest BCUT2D eigenvalue weighted by Gasteiger charge is 2.14. The van der Waals surface area contributed by atoms with Crippen molar-refractivity contribution in [1.29, 1.82) is 0 Å². The van der Waals surface area contributed by atoms with Crippen molar-refractivity contribution in [3.05, 3.63) is 86.8 Å². The summed E-state index contributed by atoms with van der Waals surface area (Å²) >= 11 is 0. The molecule has 0 aromatic heterocycles. The molecule has 0 atom stereocenters. The van der Waals surface area contributed by atoms with Crippen LogP contribution in [0.2, 0.25) is 0 Å². The van der Waals surface area contributed by atoms with Gasteiger partial charge in [-0.15, -0.1) is 0 Å². The molecule has 0 fully saturated rings. The predicted octanol–water partition coefficient (Wildman–Crippen LogP) is 3.99. The summed E-state index contributed by atoms with van der Waals surface area (Å²) in [5.41, 5.74) is 1.88. The number of rotatable bonds is 4. The average Bonchev–Trinajstić information content (AvgIpc) is 2.44. The van der Waals surface area contributed by atoms with Crippen LogP contribution in [0.5, 0.6) is 0 Å². The van der Waals surface area contributed by atoms with Gasteiger partial charge in [-0.1, -0.05) is 42.5 Å². The van der Waals surface area contributed by atoms with E-state index in [0.717, 1.165) is 5.56 Å². The molecule has 0 radical (unpaired) electrons.